The second kappa shape index (κ2) is 11.0. The third-order valence-corrected chi connectivity index (χ3v) is 3.76. The predicted molar refractivity (Wildman–Crippen MR) is 87.3 cm³/mol. The van der Waals surface area contributed by atoms with Crippen LogP contribution < -0.4 is 16.4 Å². The summed E-state index contributed by atoms with van der Waals surface area (Å²) in [6, 6.07) is -1.06. The van der Waals surface area contributed by atoms with Gasteiger partial charge >= 0.3 is 6.03 Å². The Morgan fingerprint density at radius 2 is 1.73 bits per heavy atom. The lowest BCUT2D eigenvalue weighted by Crippen LogP contribution is -2.45. The number of urea groups is 1. The van der Waals surface area contributed by atoms with E-state index in [-0.39, 0.29) is 23.5 Å². The molecule has 128 valence electrons. The molecule has 22 heavy (non-hydrogen) atoms. The summed E-state index contributed by atoms with van der Waals surface area (Å²) in [4.78, 5) is 35.0. The molecule has 0 unspecified atom stereocenters. The Morgan fingerprint density at radius 1 is 1.09 bits per heavy atom. The van der Waals surface area contributed by atoms with Crippen molar-refractivity contribution < 1.29 is 14.4 Å². The monoisotopic (exact) mass is 313 g/mol. The zero-order valence-electron chi connectivity index (χ0n) is 14.3. The first-order chi connectivity index (χ1) is 10.3. The van der Waals surface area contributed by atoms with E-state index in [1.807, 2.05) is 20.8 Å². The van der Waals surface area contributed by atoms with Crippen molar-refractivity contribution in [1.82, 2.24) is 10.6 Å². The number of hydrogen-bond acceptors (Lipinski definition) is 3. The minimum Gasteiger partial charge on any atom is -0.352 e. The largest absolute Gasteiger partial charge is 0.352 e. The Kier molecular flexibility index (Phi) is 10.2. The van der Waals surface area contributed by atoms with Crippen molar-refractivity contribution in [2.45, 2.75) is 65.8 Å². The maximum Gasteiger partial charge on any atom is 0.312 e. The van der Waals surface area contributed by atoms with Gasteiger partial charge in [0.2, 0.25) is 5.91 Å². The van der Waals surface area contributed by atoms with Gasteiger partial charge in [-0.3, -0.25) is 9.59 Å². The number of hydrogen-bond donors (Lipinski definition) is 3. The number of nitrogens with two attached hydrogens (primary N) is 1. The topological polar surface area (TPSA) is 101 Å². The van der Waals surface area contributed by atoms with Gasteiger partial charge in [0.25, 0.3) is 0 Å². The average Bonchev–Trinajstić information content (AvgIpc) is 2.46. The number of Topliss-reactive ketones (excluding diaryl/α,β-unsaturated/α-hetero) is 1. The molecule has 0 aromatic carbocycles. The highest BCUT2D eigenvalue weighted by Crippen LogP contribution is 2.18. The van der Waals surface area contributed by atoms with Gasteiger partial charge < -0.3 is 16.4 Å². The van der Waals surface area contributed by atoms with E-state index in [0.29, 0.717) is 25.8 Å². The van der Waals surface area contributed by atoms with E-state index in [0.717, 1.165) is 12.8 Å². The van der Waals surface area contributed by atoms with E-state index in [2.05, 4.69) is 10.6 Å². The smallest absolute Gasteiger partial charge is 0.312 e. The molecule has 3 amide bonds. The first kappa shape index (κ1) is 20.4. The number of primary amides is 1. The van der Waals surface area contributed by atoms with E-state index in [4.69, 9.17) is 5.73 Å². The van der Waals surface area contributed by atoms with Crippen LogP contribution in [0.4, 0.5) is 4.79 Å². The molecule has 0 aromatic heterocycles. The van der Waals surface area contributed by atoms with E-state index >= 15 is 0 Å². The van der Waals surface area contributed by atoms with Crippen LogP contribution in [0.2, 0.25) is 0 Å². The fourth-order valence-electron chi connectivity index (χ4n) is 2.43. The maximum absolute atomic E-state index is 12.4. The minimum absolute atomic E-state index is 0.0198. The van der Waals surface area contributed by atoms with Gasteiger partial charge in [-0.25, -0.2) is 4.79 Å². The number of carbonyl (C=O) groups excluding carboxylic acids is 3. The Balaban J connectivity index is 4.59. The molecule has 0 aliphatic rings. The van der Waals surface area contributed by atoms with Crippen molar-refractivity contribution in [2.75, 3.05) is 6.54 Å². The fraction of sp³-hybridized carbons (Fsp3) is 0.812. The Hall–Kier alpha value is -1.59. The molecule has 2 atom stereocenters. The zero-order chi connectivity index (χ0) is 17.1. The highest BCUT2D eigenvalue weighted by Gasteiger charge is 2.25. The lowest BCUT2D eigenvalue weighted by Gasteiger charge is -2.24. The first-order valence-corrected chi connectivity index (χ1v) is 8.19. The number of ketones is 1. The fourth-order valence-corrected chi connectivity index (χ4v) is 2.43. The summed E-state index contributed by atoms with van der Waals surface area (Å²) in [5.41, 5.74) is 5.00. The SMILES string of the molecule is CCC[C@@H](C(=O)N[C@H](CCCNC(N)=O)C(=O)CC)C(C)C. The van der Waals surface area contributed by atoms with Crippen LogP contribution in [-0.2, 0) is 9.59 Å². The normalized spacial score (nSPS) is 13.5. The molecule has 0 saturated heterocycles. The number of carbonyl (C=O) groups is 3. The lowest BCUT2D eigenvalue weighted by atomic mass is 9.90. The molecular weight excluding hydrogens is 282 g/mol. The van der Waals surface area contributed by atoms with Crippen molar-refractivity contribution in [3.63, 3.8) is 0 Å². The number of amides is 3. The third kappa shape index (κ3) is 8.00. The molecular formula is C16H31N3O3. The summed E-state index contributed by atoms with van der Waals surface area (Å²) >= 11 is 0. The molecule has 0 aliphatic carbocycles. The molecule has 4 N–H and O–H groups in total. The molecule has 0 aromatic rings. The number of rotatable bonds is 11. The van der Waals surface area contributed by atoms with Gasteiger partial charge in [-0.15, -0.1) is 0 Å². The summed E-state index contributed by atoms with van der Waals surface area (Å²) in [6.45, 7) is 8.28. The second-order valence-corrected chi connectivity index (χ2v) is 5.95. The van der Waals surface area contributed by atoms with Crippen LogP contribution >= 0.6 is 0 Å². The summed E-state index contributed by atoms with van der Waals surface area (Å²) in [7, 11) is 0. The standard InChI is InChI=1S/C16H31N3O3/c1-5-8-12(11(3)4)15(21)19-13(14(20)6-2)9-7-10-18-16(17)22/h11-13H,5-10H2,1-4H3,(H,19,21)(H3,17,18,22)/t12-,13-/m1/s1. The zero-order valence-corrected chi connectivity index (χ0v) is 14.3. The summed E-state index contributed by atoms with van der Waals surface area (Å²) < 4.78 is 0. The van der Waals surface area contributed by atoms with Gasteiger partial charge in [-0.05, 0) is 25.2 Å². The molecule has 6 heteroatoms. The molecule has 0 aliphatic heterocycles. The minimum atomic E-state index is -0.578. The van der Waals surface area contributed by atoms with Crippen LogP contribution in [0.15, 0.2) is 0 Å². The van der Waals surface area contributed by atoms with Gasteiger partial charge in [-0.1, -0.05) is 34.1 Å². The van der Waals surface area contributed by atoms with E-state index < -0.39 is 12.1 Å². The summed E-state index contributed by atoms with van der Waals surface area (Å²) in [6.07, 6.45) is 3.24. The van der Waals surface area contributed by atoms with Gasteiger partial charge in [0.1, 0.15) is 0 Å². The van der Waals surface area contributed by atoms with Crippen LogP contribution in [0.25, 0.3) is 0 Å². The molecule has 0 spiro atoms. The molecule has 0 radical (unpaired) electrons. The van der Waals surface area contributed by atoms with E-state index in [9.17, 15) is 14.4 Å². The molecule has 6 nitrogen and oxygen atoms in total. The van der Waals surface area contributed by atoms with Crippen LogP contribution in [0.1, 0.15) is 59.8 Å². The van der Waals surface area contributed by atoms with Gasteiger partial charge in [-0.2, -0.15) is 0 Å². The van der Waals surface area contributed by atoms with Crippen molar-refractivity contribution in [1.29, 1.82) is 0 Å². The van der Waals surface area contributed by atoms with Crippen LogP contribution in [0.3, 0.4) is 0 Å². The molecule has 0 heterocycles. The Bertz CT molecular complexity index is 370. The Labute approximate surface area is 133 Å². The van der Waals surface area contributed by atoms with E-state index in [1.165, 1.54) is 0 Å². The van der Waals surface area contributed by atoms with Crippen molar-refractivity contribution in [3.8, 4) is 0 Å². The van der Waals surface area contributed by atoms with Crippen LogP contribution in [0, 0.1) is 11.8 Å². The highest BCUT2D eigenvalue weighted by molar-refractivity contribution is 5.89. The lowest BCUT2D eigenvalue weighted by molar-refractivity contribution is -0.131. The second-order valence-electron chi connectivity index (χ2n) is 5.95. The first-order valence-electron chi connectivity index (χ1n) is 8.19. The van der Waals surface area contributed by atoms with Crippen molar-refractivity contribution in [3.05, 3.63) is 0 Å². The van der Waals surface area contributed by atoms with Crippen LogP contribution in [0.5, 0.6) is 0 Å². The summed E-state index contributed by atoms with van der Waals surface area (Å²) in [5.74, 6) is 0.146. The molecule has 0 rings (SSSR count). The maximum atomic E-state index is 12.4. The highest BCUT2D eigenvalue weighted by atomic mass is 16.2. The molecule has 0 bridgehead atoms. The van der Waals surface area contributed by atoms with Gasteiger partial charge in [0.15, 0.2) is 5.78 Å². The van der Waals surface area contributed by atoms with Gasteiger partial charge in [0.05, 0.1) is 6.04 Å². The average molecular weight is 313 g/mol. The van der Waals surface area contributed by atoms with Crippen LogP contribution in [-0.4, -0.2) is 30.3 Å². The van der Waals surface area contributed by atoms with Crippen molar-refractivity contribution in [2.24, 2.45) is 17.6 Å². The quantitative estimate of drug-likeness (QED) is 0.508. The molecule has 0 fully saturated rings. The number of nitrogens with one attached hydrogen (secondary N) is 2. The third-order valence-electron chi connectivity index (χ3n) is 3.76. The predicted octanol–water partition coefficient (Wildman–Crippen LogP) is 1.97. The van der Waals surface area contributed by atoms with Crippen molar-refractivity contribution >= 4 is 17.7 Å². The van der Waals surface area contributed by atoms with E-state index in [1.54, 1.807) is 6.92 Å². The summed E-state index contributed by atoms with van der Waals surface area (Å²) in [5, 5.41) is 5.38. The Morgan fingerprint density at radius 3 is 2.18 bits per heavy atom. The van der Waals surface area contributed by atoms with Gasteiger partial charge in [0, 0.05) is 18.9 Å². The molecule has 0 saturated carbocycles.